The Morgan fingerprint density at radius 1 is 1.17 bits per heavy atom. The molecule has 182 valence electrons. The number of methoxy groups -OCH3 is 1. The van der Waals surface area contributed by atoms with Crippen LogP contribution >= 0.6 is 0 Å². The second-order valence-corrected chi connectivity index (χ2v) is 9.93. The van der Waals surface area contributed by atoms with Crippen LogP contribution in [0.25, 0.3) is 11.1 Å². The molecule has 2 aliphatic rings. The fraction of sp³-hybridized carbons (Fsp3) is 0.379. The Morgan fingerprint density at radius 3 is 2.63 bits per heavy atom. The molecule has 5 nitrogen and oxygen atoms in total. The van der Waals surface area contributed by atoms with E-state index in [1.807, 2.05) is 49.4 Å². The van der Waals surface area contributed by atoms with Crippen LogP contribution in [0.5, 0.6) is 11.6 Å². The number of fused-ring (bicyclic) bond motifs is 1. The van der Waals surface area contributed by atoms with Gasteiger partial charge in [0, 0.05) is 11.6 Å². The van der Waals surface area contributed by atoms with Crippen LogP contribution in [0.3, 0.4) is 0 Å². The van der Waals surface area contributed by atoms with Gasteiger partial charge >= 0.3 is 5.97 Å². The minimum absolute atomic E-state index is 0.156. The fourth-order valence-corrected chi connectivity index (χ4v) is 5.00. The predicted molar refractivity (Wildman–Crippen MR) is 131 cm³/mol. The third-order valence-electron chi connectivity index (χ3n) is 7.38. The van der Waals surface area contributed by atoms with Gasteiger partial charge in [-0.2, -0.15) is 0 Å². The highest BCUT2D eigenvalue weighted by atomic mass is 19.1. The second-order valence-electron chi connectivity index (χ2n) is 9.93. The highest BCUT2D eigenvalue weighted by Gasteiger charge is 2.41. The molecule has 1 aliphatic heterocycles. The monoisotopic (exact) mass is 475 g/mol. The molecule has 2 heterocycles. The number of carboxylic acids is 1. The molecule has 35 heavy (non-hydrogen) atoms. The van der Waals surface area contributed by atoms with Gasteiger partial charge in [0.1, 0.15) is 17.7 Å². The van der Waals surface area contributed by atoms with Gasteiger partial charge in [0.2, 0.25) is 5.88 Å². The lowest BCUT2D eigenvalue weighted by atomic mass is 9.77. The molecule has 1 aromatic heterocycles. The number of benzene rings is 2. The van der Waals surface area contributed by atoms with E-state index in [9.17, 15) is 14.3 Å². The first kappa shape index (κ1) is 23.3. The Hall–Kier alpha value is -3.41. The summed E-state index contributed by atoms with van der Waals surface area (Å²) in [7, 11) is 1.50. The molecule has 2 aromatic carbocycles. The molecule has 1 saturated carbocycles. The second kappa shape index (κ2) is 9.33. The van der Waals surface area contributed by atoms with Crippen LogP contribution in [0.15, 0.2) is 54.7 Å². The summed E-state index contributed by atoms with van der Waals surface area (Å²) in [5, 5.41) is 10.0. The van der Waals surface area contributed by atoms with Crippen molar-refractivity contribution < 1.29 is 23.8 Å². The normalized spacial score (nSPS) is 19.1. The molecule has 1 unspecified atom stereocenters. The topological polar surface area (TPSA) is 68.7 Å². The number of aromatic nitrogens is 1. The lowest BCUT2D eigenvalue weighted by Crippen LogP contribution is -2.33. The molecule has 0 radical (unpaired) electrons. The zero-order chi connectivity index (χ0) is 24.6. The van der Waals surface area contributed by atoms with E-state index < -0.39 is 17.2 Å². The number of ether oxygens (including phenoxy) is 2. The van der Waals surface area contributed by atoms with Crippen molar-refractivity contribution in [2.45, 2.75) is 57.0 Å². The average molecular weight is 476 g/mol. The number of carboxylic acid groups (broad SMARTS) is 1. The van der Waals surface area contributed by atoms with Crippen molar-refractivity contribution in [1.82, 2.24) is 4.98 Å². The molecule has 5 rings (SSSR count). The fourth-order valence-electron chi connectivity index (χ4n) is 5.00. The number of pyridine rings is 1. The quantitative estimate of drug-likeness (QED) is 0.423. The molecule has 0 spiro atoms. The first-order chi connectivity index (χ1) is 16.9. The van der Waals surface area contributed by atoms with E-state index in [1.165, 1.54) is 13.3 Å². The van der Waals surface area contributed by atoms with Crippen LogP contribution in [-0.2, 0) is 16.6 Å². The van der Waals surface area contributed by atoms with E-state index in [1.54, 1.807) is 6.07 Å². The van der Waals surface area contributed by atoms with Crippen molar-refractivity contribution in [1.29, 1.82) is 0 Å². The van der Waals surface area contributed by atoms with Gasteiger partial charge in [0.05, 0.1) is 18.7 Å². The third kappa shape index (κ3) is 4.75. The number of carbonyl (C=O) groups is 1. The largest absolute Gasteiger partial charge is 0.485 e. The Labute approximate surface area is 204 Å². The van der Waals surface area contributed by atoms with Gasteiger partial charge in [0.15, 0.2) is 0 Å². The maximum atomic E-state index is 14.4. The van der Waals surface area contributed by atoms with E-state index in [2.05, 4.69) is 4.98 Å². The van der Waals surface area contributed by atoms with Gasteiger partial charge < -0.3 is 14.6 Å². The van der Waals surface area contributed by atoms with Gasteiger partial charge in [-0.15, -0.1) is 0 Å². The first-order valence-electron chi connectivity index (χ1n) is 12.2. The molecule has 6 heteroatoms. The van der Waals surface area contributed by atoms with Crippen LogP contribution < -0.4 is 9.47 Å². The molecule has 1 N–H and O–H groups in total. The Morgan fingerprint density at radius 2 is 1.94 bits per heavy atom. The standard InChI is InChI=1S/C29H30FNO4/c1-29(28(32)33,16-18-6-7-18)22-13-12-20-4-3-5-25(35-26(20)14-22)21-10-8-19(9-11-21)23-15-27(34-2)31-17-24(23)30/h8-15,17-18,25H,3-7,16H2,1-2H3,(H,32,33)/t25-,29?/m1/s1. The van der Waals surface area contributed by atoms with Gasteiger partial charge in [-0.05, 0) is 66.8 Å². The van der Waals surface area contributed by atoms with Crippen molar-refractivity contribution in [2.24, 2.45) is 5.92 Å². The van der Waals surface area contributed by atoms with Gasteiger partial charge in [-0.1, -0.05) is 49.2 Å². The molecule has 0 saturated heterocycles. The summed E-state index contributed by atoms with van der Waals surface area (Å²) in [4.78, 5) is 16.1. The summed E-state index contributed by atoms with van der Waals surface area (Å²) >= 11 is 0. The summed E-state index contributed by atoms with van der Waals surface area (Å²) in [6.45, 7) is 1.83. The molecular formula is C29H30FNO4. The summed E-state index contributed by atoms with van der Waals surface area (Å²) in [6, 6.07) is 15.2. The lowest BCUT2D eigenvalue weighted by molar-refractivity contribution is -0.143. The molecule has 1 aliphatic carbocycles. The van der Waals surface area contributed by atoms with Crippen LogP contribution in [0.1, 0.15) is 61.8 Å². The predicted octanol–water partition coefficient (Wildman–Crippen LogP) is 6.50. The molecule has 0 amide bonds. The first-order valence-corrected chi connectivity index (χ1v) is 12.2. The number of aliphatic carboxylic acids is 1. The Bertz CT molecular complexity index is 1240. The van der Waals surface area contributed by atoms with E-state index in [0.717, 1.165) is 60.1 Å². The number of hydrogen-bond acceptors (Lipinski definition) is 4. The number of aryl methyl sites for hydroxylation is 1. The minimum atomic E-state index is -0.918. The zero-order valence-electron chi connectivity index (χ0n) is 20.1. The van der Waals surface area contributed by atoms with Crippen LogP contribution in [0.4, 0.5) is 4.39 Å². The average Bonchev–Trinajstić information content (AvgIpc) is 3.70. The van der Waals surface area contributed by atoms with Gasteiger partial charge in [-0.3, -0.25) is 4.79 Å². The highest BCUT2D eigenvalue weighted by Crippen LogP contribution is 2.44. The van der Waals surface area contributed by atoms with Crippen LogP contribution in [-0.4, -0.2) is 23.2 Å². The van der Waals surface area contributed by atoms with E-state index in [4.69, 9.17) is 9.47 Å². The number of rotatable bonds is 7. The smallest absolute Gasteiger partial charge is 0.313 e. The number of hydrogen-bond donors (Lipinski definition) is 1. The third-order valence-corrected chi connectivity index (χ3v) is 7.38. The molecule has 0 bridgehead atoms. The van der Waals surface area contributed by atoms with Crippen molar-refractivity contribution in [3.63, 3.8) is 0 Å². The van der Waals surface area contributed by atoms with Crippen molar-refractivity contribution >= 4 is 5.97 Å². The number of nitrogens with zero attached hydrogens (tertiary/aromatic N) is 1. The summed E-state index contributed by atoms with van der Waals surface area (Å²) in [6.07, 6.45) is 6.58. The SMILES string of the molecule is COc1cc(-c2ccc([C@H]3CCCc4ccc(C(C)(CC5CC5)C(=O)O)cc4O3)cc2)c(F)cn1. The highest BCUT2D eigenvalue weighted by molar-refractivity contribution is 5.81. The van der Waals surface area contributed by atoms with Crippen LogP contribution in [0, 0.1) is 11.7 Å². The van der Waals surface area contributed by atoms with Crippen molar-refractivity contribution in [3.8, 4) is 22.8 Å². The summed E-state index contributed by atoms with van der Waals surface area (Å²) < 4.78 is 26.0. The van der Waals surface area contributed by atoms with E-state index in [-0.39, 0.29) is 6.10 Å². The Balaban J connectivity index is 1.41. The Kier molecular flexibility index (Phi) is 6.22. The summed E-state index contributed by atoms with van der Waals surface area (Å²) in [5.74, 6) is 0.429. The van der Waals surface area contributed by atoms with E-state index in [0.29, 0.717) is 23.8 Å². The van der Waals surface area contributed by atoms with Gasteiger partial charge in [0.25, 0.3) is 0 Å². The number of halogens is 1. The van der Waals surface area contributed by atoms with E-state index >= 15 is 0 Å². The molecule has 1 fully saturated rings. The molecule has 3 aromatic rings. The zero-order valence-corrected chi connectivity index (χ0v) is 20.1. The maximum Gasteiger partial charge on any atom is 0.313 e. The molecular weight excluding hydrogens is 445 g/mol. The minimum Gasteiger partial charge on any atom is -0.485 e. The summed E-state index contributed by atoms with van der Waals surface area (Å²) in [5.41, 5.74) is 3.17. The van der Waals surface area contributed by atoms with Gasteiger partial charge in [-0.25, -0.2) is 9.37 Å². The van der Waals surface area contributed by atoms with Crippen molar-refractivity contribution in [2.75, 3.05) is 7.11 Å². The lowest BCUT2D eigenvalue weighted by Gasteiger charge is -2.27. The molecule has 2 atom stereocenters. The maximum absolute atomic E-state index is 14.4. The van der Waals surface area contributed by atoms with Crippen molar-refractivity contribution in [3.05, 3.63) is 77.2 Å². The van der Waals surface area contributed by atoms with Crippen LogP contribution in [0.2, 0.25) is 0 Å².